The van der Waals surface area contributed by atoms with Crippen LogP contribution in [0.25, 0.3) is 0 Å². The van der Waals surface area contributed by atoms with E-state index in [0.717, 1.165) is 30.8 Å². The van der Waals surface area contributed by atoms with Gasteiger partial charge in [0.25, 0.3) is 0 Å². The average molecular weight is 281 g/mol. The molecule has 1 saturated heterocycles. The number of aryl methyl sites for hydroxylation is 1. The van der Waals surface area contributed by atoms with Gasteiger partial charge in [0.15, 0.2) is 5.78 Å². The molecule has 0 spiro atoms. The van der Waals surface area contributed by atoms with Crippen molar-refractivity contribution in [3.05, 3.63) is 34.3 Å². The molecule has 1 fully saturated rings. The van der Waals surface area contributed by atoms with Crippen LogP contribution in [-0.4, -0.2) is 55.4 Å². The van der Waals surface area contributed by atoms with Crippen molar-refractivity contribution in [2.24, 2.45) is 0 Å². The summed E-state index contributed by atoms with van der Waals surface area (Å²) >= 11 is 6.20. The average Bonchev–Trinajstić information content (AvgIpc) is 2.35. The fourth-order valence-corrected chi connectivity index (χ4v) is 2.76. The lowest BCUT2D eigenvalue weighted by molar-refractivity contribution is -0.125. The van der Waals surface area contributed by atoms with Crippen molar-refractivity contribution in [3.63, 3.8) is 0 Å². The number of carbonyl (C=O) groups excluding carboxylic acids is 1. The van der Waals surface area contributed by atoms with Gasteiger partial charge in [-0.05, 0) is 38.2 Å². The summed E-state index contributed by atoms with van der Waals surface area (Å²) in [5.74, 6) is 0.250. The van der Waals surface area contributed by atoms with E-state index in [1.165, 1.54) is 0 Å². The molecule has 1 aromatic carbocycles. The molecule has 0 aliphatic carbocycles. The van der Waals surface area contributed by atoms with Gasteiger partial charge in [0.1, 0.15) is 0 Å². The number of hydrogen-bond donors (Lipinski definition) is 0. The van der Waals surface area contributed by atoms with Crippen LogP contribution in [-0.2, 0) is 11.2 Å². The van der Waals surface area contributed by atoms with Gasteiger partial charge in [-0.15, -0.1) is 0 Å². The maximum absolute atomic E-state index is 12.4. The first-order valence-electron chi connectivity index (χ1n) is 6.64. The largest absolute Gasteiger partial charge is 0.303 e. The summed E-state index contributed by atoms with van der Waals surface area (Å²) < 4.78 is 0. The van der Waals surface area contributed by atoms with Crippen LogP contribution >= 0.6 is 11.6 Å². The molecule has 0 radical (unpaired) electrons. The van der Waals surface area contributed by atoms with Crippen LogP contribution in [0.4, 0.5) is 0 Å². The minimum Gasteiger partial charge on any atom is -0.303 e. The van der Waals surface area contributed by atoms with Crippen molar-refractivity contribution >= 4 is 17.4 Å². The molecule has 0 N–H and O–H groups in total. The molecule has 104 valence electrons. The van der Waals surface area contributed by atoms with Crippen molar-refractivity contribution < 1.29 is 4.79 Å². The van der Waals surface area contributed by atoms with Crippen LogP contribution in [0.5, 0.6) is 0 Å². The number of nitrogens with zero attached hydrogens (tertiary/aromatic N) is 2. The third-order valence-corrected chi connectivity index (χ3v) is 4.15. The van der Waals surface area contributed by atoms with Crippen LogP contribution in [0.2, 0.25) is 5.02 Å². The van der Waals surface area contributed by atoms with E-state index < -0.39 is 0 Å². The molecule has 1 heterocycles. The van der Waals surface area contributed by atoms with Gasteiger partial charge in [-0.3, -0.25) is 9.69 Å². The number of likely N-dealkylation sites (N-methyl/N-ethyl adjacent to an activating group) is 2. The number of piperazine rings is 1. The first-order chi connectivity index (χ1) is 8.97. The predicted molar refractivity (Wildman–Crippen MR) is 78.8 cm³/mol. The Morgan fingerprint density at radius 1 is 1.37 bits per heavy atom. The fourth-order valence-electron chi connectivity index (χ4n) is 2.46. The molecule has 4 heteroatoms. The molecule has 1 aromatic rings. The van der Waals surface area contributed by atoms with Crippen molar-refractivity contribution in [2.75, 3.05) is 33.7 Å². The van der Waals surface area contributed by atoms with Gasteiger partial charge in [-0.1, -0.05) is 23.7 Å². The third-order valence-electron chi connectivity index (χ3n) is 3.80. The van der Waals surface area contributed by atoms with Crippen LogP contribution in [0.15, 0.2) is 18.2 Å². The molecule has 0 saturated carbocycles. The lowest BCUT2D eigenvalue weighted by Gasteiger charge is -2.36. The number of benzene rings is 1. The lowest BCUT2D eigenvalue weighted by Crippen LogP contribution is -2.53. The third kappa shape index (κ3) is 3.56. The monoisotopic (exact) mass is 280 g/mol. The highest BCUT2D eigenvalue weighted by Crippen LogP contribution is 2.20. The quantitative estimate of drug-likeness (QED) is 0.846. The van der Waals surface area contributed by atoms with Crippen LogP contribution in [0.1, 0.15) is 11.1 Å². The SMILES string of the molecule is Cc1ccc(CC(=O)C2CN(C)CCN2C)c(Cl)c1. The van der Waals surface area contributed by atoms with Gasteiger partial charge < -0.3 is 4.90 Å². The van der Waals surface area contributed by atoms with Gasteiger partial charge in [0.2, 0.25) is 0 Å². The van der Waals surface area contributed by atoms with Crippen molar-refractivity contribution in [2.45, 2.75) is 19.4 Å². The Morgan fingerprint density at radius 2 is 2.11 bits per heavy atom. The van der Waals surface area contributed by atoms with Gasteiger partial charge in [0, 0.05) is 31.1 Å². The molecular weight excluding hydrogens is 260 g/mol. The minimum atomic E-state index is -0.0175. The second-order valence-corrected chi connectivity index (χ2v) is 5.90. The van der Waals surface area contributed by atoms with E-state index in [1.54, 1.807) is 0 Å². The molecule has 0 aromatic heterocycles. The Morgan fingerprint density at radius 3 is 2.79 bits per heavy atom. The van der Waals surface area contributed by atoms with Gasteiger partial charge >= 0.3 is 0 Å². The number of hydrogen-bond acceptors (Lipinski definition) is 3. The predicted octanol–water partition coefficient (Wildman–Crippen LogP) is 2.01. The highest BCUT2D eigenvalue weighted by Gasteiger charge is 2.28. The van der Waals surface area contributed by atoms with E-state index in [9.17, 15) is 4.79 Å². The molecular formula is C15H21ClN2O. The van der Waals surface area contributed by atoms with E-state index in [-0.39, 0.29) is 11.8 Å². The number of carbonyl (C=O) groups is 1. The Labute approximate surface area is 120 Å². The molecule has 0 amide bonds. The van der Waals surface area contributed by atoms with Crippen molar-refractivity contribution in [3.8, 4) is 0 Å². The summed E-state index contributed by atoms with van der Waals surface area (Å²) in [6.45, 7) is 4.76. The summed E-state index contributed by atoms with van der Waals surface area (Å²) in [4.78, 5) is 16.8. The zero-order valence-electron chi connectivity index (χ0n) is 11.8. The summed E-state index contributed by atoms with van der Waals surface area (Å²) in [5.41, 5.74) is 2.05. The zero-order valence-corrected chi connectivity index (χ0v) is 12.6. The number of rotatable bonds is 3. The highest BCUT2D eigenvalue weighted by molar-refractivity contribution is 6.31. The van der Waals surface area contributed by atoms with E-state index in [4.69, 9.17) is 11.6 Å². The first-order valence-corrected chi connectivity index (χ1v) is 7.01. The van der Waals surface area contributed by atoms with Crippen LogP contribution < -0.4 is 0 Å². The molecule has 0 bridgehead atoms. The topological polar surface area (TPSA) is 23.6 Å². The summed E-state index contributed by atoms with van der Waals surface area (Å²) in [6, 6.07) is 5.87. The highest BCUT2D eigenvalue weighted by atomic mass is 35.5. The molecule has 19 heavy (non-hydrogen) atoms. The lowest BCUT2D eigenvalue weighted by atomic mass is 10.00. The Hall–Kier alpha value is -0.900. The second kappa shape index (κ2) is 6.04. The summed E-state index contributed by atoms with van der Waals surface area (Å²) in [5, 5.41) is 0.695. The molecule has 3 nitrogen and oxygen atoms in total. The molecule has 1 atom stereocenters. The first kappa shape index (κ1) is 14.5. The number of ketones is 1. The Balaban J connectivity index is 2.07. The van der Waals surface area contributed by atoms with Gasteiger partial charge in [0.05, 0.1) is 6.04 Å². The van der Waals surface area contributed by atoms with Crippen molar-refractivity contribution in [1.29, 1.82) is 0 Å². The van der Waals surface area contributed by atoms with Gasteiger partial charge in [-0.2, -0.15) is 0 Å². The maximum Gasteiger partial charge on any atom is 0.155 e. The van der Waals surface area contributed by atoms with E-state index in [1.807, 2.05) is 32.2 Å². The smallest absolute Gasteiger partial charge is 0.155 e. The molecule has 1 unspecified atom stereocenters. The van der Waals surface area contributed by atoms with Crippen LogP contribution in [0.3, 0.4) is 0 Å². The summed E-state index contributed by atoms with van der Waals surface area (Å²) in [6.07, 6.45) is 0.419. The fraction of sp³-hybridized carbons (Fsp3) is 0.533. The zero-order chi connectivity index (χ0) is 14.0. The Bertz CT molecular complexity index is 475. The van der Waals surface area contributed by atoms with E-state index in [0.29, 0.717) is 11.4 Å². The molecule has 1 aliphatic rings. The number of Topliss-reactive ketones (excluding diaryl/α,β-unsaturated/α-hetero) is 1. The van der Waals surface area contributed by atoms with Gasteiger partial charge in [-0.25, -0.2) is 0 Å². The maximum atomic E-state index is 12.4. The Kier molecular flexibility index (Phi) is 4.61. The normalized spacial score (nSPS) is 21.6. The number of halogens is 1. The summed E-state index contributed by atoms with van der Waals surface area (Å²) in [7, 11) is 4.08. The minimum absolute atomic E-state index is 0.0175. The second-order valence-electron chi connectivity index (χ2n) is 5.50. The molecule has 1 aliphatic heterocycles. The van der Waals surface area contributed by atoms with Crippen LogP contribution in [0, 0.1) is 6.92 Å². The van der Waals surface area contributed by atoms with E-state index >= 15 is 0 Å². The molecule has 2 rings (SSSR count). The van der Waals surface area contributed by atoms with E-state index in [2.05, 4.69) is 16.8 Å². The standard InChI is InChI=1S/C15H21ClN2O/c1-11-4-5-12(13(16)8-11)9-15(19)14-10-17(2)6-7-18(14)3/h4-5,8,14H,6-7,9-10H2,1-3H3. The van der Waals surface area contributed by atoms with Crippen molar-refractivity contribution in [1.82, 2.24) is 9.80 Å².